The molecule has 0 amide bonds. The molecule has 100 valence electrons. The predicted molar refractivity (Wildman–Crippen MR) is 79.5 cm³/mol. The molecule has 1 N–H and O–H groups in total. The summed E-state index contributed by atoms with van der Waals surface area (Å²) >= 11 is 2.01. The van der Waals surface area contributed by atoms with E-state index >= 15 is 0 Å². The van der Waals surface area contributed by atoms with Gasteiger partial charge < -0.3 is 5.32 Å². The van der Waals surface area contributed by atoms with Crippen molar-refractivity contribution in [1.29, 1.82) is 0 Å². The van der Waals surface area contributed by atoms with Gasteiger partial charge in [-0.05, 0) is 37.1 Å². The lowest BCUT2D eigenvalue weighted by Gasteiger charge is -2.10. The predicted octanol–water partition coefficient (Wildman–Crippen LogP) is 2.58. The van der Waals surface area contributed by atoms with Crippen LogP contribution < -0.4 is 5.32 Å². The molecule has 0 bridgehead atoms. The first-order valence-corrected chi connectivity index (χ1v) is 7.72. The van der Waals surface area contributed by atoms with E-state index < -0.39 is 0 Å². The van der Waals surface area contributed by atoms with E-state index in [0.717, 1.165) is 26.1 Å². The minimum absolute atomic E-state index is 0.696. The molecule has 1 aromatic carbocycles. The van der Waals surface area contributed by atoms with Gasteiger partial charge in [-0.15, -0.1) is 11.8 Å². The van der Waals surface area contributed by atoms with E-state index in [9.17, 15) is 0 Å². The zero-order valence-corrected chi connectivity index (χ0v) is 11.8. The van der Waals surface area contributed by atoms with Gasteiger partial charge in [0, 0.05) is 35.6 Å². The van der Waals surface area contributed by atoms with Crippen molar-refractivity contribution >= 4 is 11.8 Å². The summed E-state index contributed by atoms with van der Waals surface area (Å²) in [5.74, 6) is 0. The number of hydrogen-bond donors (Lipinski definition) is 1. The van der Waals surface area contributed by atoms with E-state index in [1.54, 1.807) is 0 Å². The summed E-state index contributed by atoms with van der Waals surface area (Å²) in [4.78, 5) is 1.46. The van der Waals surface area contributed by atoms with Crippen LogP contribution in [0.25, 0.3) is 0 Å². The topological polar surface area (TPSA) is 29.9 Å². The highest BCUT2D eigenvalue weighted by Gasteiger charge is 2.20. The number of rotatable bonds is 6. The minimum Gasteiger partial charge on any atom is -0.316 e. The standard InChI is InChI=1S/C15H19N3S/c1-2-6-15-13(5-1)11-14(19-15)12-16-7-3-9-18-10-4-8-17-18/h1-2,4-6,8,10,14,16H,3,7,9,11-12H2. The van der Waals surface area contributed by atoms with Crippen LogP contribution in [0.1, 0.15) is 12.0 Å². The molecular formula is C15H19N3S. The molecule has 0 saturated heterocycles. The Balaban J connectivity index is 1.34. The van der Waals surface area contributed by atoms with Crippen molar-refractivity contribution in [3.63, 3.8) is 0 Å². The third-order valence-electron chi connectivity index (χ3n) is 3.39. The van der Waals surface area contributed by atoms with Gasteiger partial charge in [0.2, 0.25) is 0 Å². The molecule has 1 aromatic heterocycles. The number of hydrogen-bond acceptors (Lipinski definition) is 3. The summed E-state index contributed by atoms with van der Waals surface area (Å²) in [7, 11) is 0. The highest BCUT2D eigenvalue weighted by Crippen LogP contribution is 2.36. The Hall–Kier alpha value is -1.26. The molecule has 1 unspecified atom stereocenters. The molecular weight excluding hydrogens is 254 g/mol. The summed E-state index contributed by atoms with van der Waals surface area (Å²) in [5.41, 5.74) is 1.51. The van der Waals surface area contributed by atoms with Gasteiger partial charge in [-0.1, -0.05) is 18.2 Å². The first-order valence-electron chi connectivity index (χ1n) is 6.84. The van der Waals surface area contributed by atoms with Crippen LogP contribution in [0.15, 0.2) is 47.6 Å². The molecule has 1 atom stereocenters. The number of aromatic nitrogens is 2. The van der Waals surface area contributed by atoms with E-state index in [1.165, 1.54) is 16.9 Å². The third kappa shape index (κ3) is 3.39. The molecule has 0 fully saturated rings. The van der Waals surface area contributed by atoms with Crippen LogP contribution in [-0.2, 0) is 13.0 Å². The number of thioether (sulfide) groups is 1. The maximum atomic E-state index is 4.20. The van der Waals surface area contributed by atoms with Gasteiger partial charge in [-0.3, -0.25) is 4.68 Å². The first kappa shape index (κ1) is 12.8. The molecule has 2 aromatic rings. The zero-order valence-electron chi connectivity index (χ0n) is 11.0. The molecule has 0 radical (unpaired) electrons. The first-order chi connectivity index (χ1) is 9.42. The maximum absolute atomic E-state index is 4.20. The van der Waals surface area contributed by atoms with E-state index in [0.29, 0.717) is 5.25 Å². The number of benzene rings is 1. The lowest BCUT2D eigenvalue weighted by atomic mass is 10.1. The monoisotopic (exact) mass is 273 g/mol. The Morgan fingerprint density at radius 1 is 1.32 bits per heavy atom. The number of fused-ring (bicyclic) bond motifs is 1. The smallest absolute Gasteiger partial charge is 0.0489 e. The average molecular weight is 273 g/mol. The summed E-state index contributed by atoms with van der Waals surface area (Å²) in [6.45, 7) is 3.16. The van der Waals surface area contributed by atoms with Crippen molar-refractivity contribution in [1.82, 2.24) is 15.1 Å². The molecule has 2 heterocycles. The Bertz CT molecular complexity index is 485. The highest BCUT2D eigenvalue weighted by molar-refractivity contribution is 8.00. The second kappa shape index (κ2) is 6.26. The Morgan fingerprint density at radius 3 is 3.11 bits per heavy atom. The molecule has 1 aliphatic heterocycles. The van der Waals surface area contributed by atoms with Crippen molar-refractivity contribution in [3.8, 4) is 0 Å². The lowest BCUT2D eigenvalue weighted by Crippen LogP contribution is -2.26. The van der Waals surface area contributed by atoms with Gasteiger partial charge in [0.25, 0.3) is 0 Å². The van der Waals surface area contributed by atoms with E-state index in [1.807, 2.05) is 34.9 Å². The molecule has 3 rings (SSSR count). The highest BCUT2D eigenvalue weighted by atomic mass is 32.2. The summed E-state index contributed by atoms with van der Waals surface area (Å²) in [5, 5.41) is 8.46. The second-order valence-electron chi connectivity index (χ2n) is 4.88. The minimum atomic E-state index is 0.696. The van der Waals surface area contributed by atoms with Crippen molar-refractivity contribution in [3.05, 3.63) is 48.3 Å². The summed E-state index contributed by atoms with van der Waals surface area (Å²) in [6, 6.07) is 10.7. The third-order valence-corrected chi connectivity index (χ3v) is 4.70. The maximum Gasteiger partial charge on any atom is 0.0489 e. The fraction of sp³-hybridized carbons (Fsp3) is 0.400. The molecule has 3 nitrogen and oxygen atoms in total. The Kier molecular flexibility index (Phi) is 4.20. The fourth-order valence-electron chi connectivity index (χ4n) is 2.43. The van der Waals surface area contributed by atoms with Gasteiger partial charge in [0.1, 0.15) is 0 Å². The van der Waals surface area contributed by atoms with Gasteiger partial charge >= 0.3 is 0 Å². The Labute approximate surface area is 118 Å². The summed E-state index contributed by atoms with van der Waals surface area (Å²) < 4.78 is 1.99. The van der Waals surface area contributed by atoms with E-state index in [-0.39, 0.29) is 0 Å². The van der Waals surface area contributed by atoms with Crippen LogP contribution in [-0.4, -0.2) is 28.1 Å². The van der Waals surface area contributed by atoms with Gasteiger partial charge in [0.05, 0.1) is 0 Å². The van der Waals surface area contributed by atoms with Crippen molar-refractivity contribution in [2.45, 2.75) is 29.5 Å². The average Bonchev–Trinajstić information content (AvgIpc) is 3.06. The fourth-order valence-corrected chi connectivity index (χ4v) is 3.71. The molecule has 0 saturated carbocycles. The molecule has 19 heavy (non-hydrogen) atoms. The second-order valence-corrected chi connectivity index (χ2v) is 6.22. The van der Waals surface area contributed by atoms with E-state index in [4.69, 9.17) is 0 Å². The van der Waals surface area contributed by atoms with Crippen LogP contribution in [0.5, 0.6) is 0 Å². The number of nitrogens with one attached hydrogen (secondary N) is 1. The number of nitrogens with zero attached hydrogens (tertiary/aromatic N) is 2. The van der Waals surface area contributed by atoms with Crippen molar-refractivity contribution in [2.24, 2.45) is 0 Å². The van der Waals surface area contributed by atoms with E-state index in [2.05, 4.69) is 34.7 Å². The molecule has 4 heteroatoms. The largest absolute Gasteiger partial charge is 0.316 e. The van der Waals surface area contributed by atoms with Crippen LogP contribution in [0.4, 0.5) is 0 Å². The van der Waals surface area contributed by atoms with Gasteiger partial charge in [0.15, 0.2) is 0 Å². The zero-order chi connectivity index (χ0) is 12.9. The number of aryl methyl sites for hydroxylation is 1. The summed E-state index contributed by atoms with van der Waals surface area (Å²) in [6.07, 6.45) is 6.18. The van der Waals surface area contributed by atoms with Crippen LogP contribution in [0.3, 0.4) is 0 Å². The van der Waals surface area contributed by atoms with Gasteiger partial charge in [-0.2, -0.15) is 5.10 Å². The normalized spacial score (nSPS) is 17.6. The quantitative estimate of drug-likeness (QED) is 0.820. The van der Waals surface area contributed by atoms with Crippen LogP contribution in [0, 0.1) is 0 Å². The van der Waals surface area contributed by atoms with Crippen LogP contribution in [0.2, 0.25) is 0 Å². The van der Waals surface area contributed by atoms with Gasteiger partial charge in [-0.25, -0.2) is 0 Å². The van der Waals surface area contributed by atoms with Crippen molar-refractivity contribution < 1.29 is 0 Å². The van der Waals surface area contributed by atoms with Crippen molar-refractivity contribution in [2.75, 3.05) is 13.1 Å². The SMILES string of the molecule is c1ccc2c(c1)CC(CNCCCn1cccn1)S2. The molecule has 1 aliphatic rings. The van der Waals surface area contributed by atoms with Crippen LogP contribution >= 0.6 is 11.8 Å². The molecule has 0 aliphatic carbocycles. The molecule has 0 spiro atoms. The Morgan fingerprint density at radius 2 is 2.26 bits per heavy atom. The lowest BCUT2D eigenvalue weighted by molar-refractivity contribution is 0.541.